The van der Waals surface area contributed by atoms with Gasteiger partial charge in [0.2, 0.25) is 0 Å². The van der Waals surface area contributed by atoms with Gasteiger partial charge in [0, 0.05) is 12.7 Å². The van der Waals surface area contributed by atoms with Crippen molar-refractivity contribution in [3.05, 3.63) is 24.0 Å². The summed E-state index contributed by atoms with van der Waals surface area (Å²) in [4.78, 5) is 11.2. The van der Waals surface area contributed by atoms with Crippen LogP contribution in [0, 0.1) is 0 Å². The molecule has 4 heteroatoms. The van der Waals surface area contributed by atoms with Crippen LogP contribution in [-0.2, 0) is 16.1 Å². The van der Waals surface area contributed by atoms with Crippen molar-refractivity contribution in [1.29, 1.82) is 0 Å². The van der Waals surface area contributed by atoms with Gasteiger partial charge >= 0.3 is 5.97 Å². The van der Waals surface area contributed by atoms with Crippen LogP contribution in [-0.4, -0.2) is 22.2 Å². The minimum atomic E-state index is -1.18. The minimum Gasteiger partial charge on any atom is -0.464 e. The normalized spacial score (nSPS) is 12.5. The molecule has 1 N–H and O–H groups in total. The summed E-state index contributed by atoms with van der Waals surface area (Å²) in [5.74, 6) is -0.596. The predicted octanol–water partition coefficient (Wildman–Crippen LogP) is 1.10. The molecule has 14 heavy (non-hydrogen) atoms. The van der Waals surface area contributed by atoms with Crippen molar-refractivity contribution in [3.63, 3.8) is 0 Å². The van der Waals surface area contributed by atoms with Gasteiger partial charge in [-0.05, 0) is 26.0 Å². The van der Waals surface area contributed by atoms with Crippen molar-refractivity contribution in [1.82, 2.24) is 4.57 Å². The highest BCUT2D eigenvalue weighted by atomic mass is 16.5. The number of aryl methyl sites for hydroxylation is 1. The Morgan fingerprint density at radius 2 is 2.36 bits per heavy atom. The summed E-state index contributed by atoms with van der Waals surface area (Å²) >= 11 is 0. The standard InChI is InChI=1S/C10H15NO3/c1-3-11-7-5-6-8(11)9(12)10(13)14-4-2/h5-7,9,12H,3-4H2,1-2H3. The summed E-state index contributed by atoms with van der Waals surface area (Å²) in [6.45, 7) is 4.66. The second-order valence-electron chi connectivity index (χ2n) is 2.87. The highest BCUT2D eigenvalue weighted by Gasteiger charge is 2.20. The van der Waals surface area contributed by atoms with E-state index < -0.39 is 12.1 Å². The molecule has 0 spiro atoms. The van der Waals surface area contributed by atoms with E-state index in [2.05, 4.69) is 0 Å². The third kappa shape index (κ3) is 2.14. The second kappa shape index (κ2) is 4.81. The van der Waals surface area contributed by atoms with Gasteiger partial charge in [0.25, 0.3) is 0 Å². The molecule has 0 aliphatic heterocycles. The highest BCUT2D eigenvalue weighted by Crippen LogP contribution is 2.15. The quantitative estimate of drug-likeness (QED) is 0.735. The van der Waals surface area contributed by atoms with E-state index in [1.165, 1.54) is 0 Å². The monoisotopic (exact) mass is 197 g/mol. The van der Waals surface area contributed by atoms with Gasteiger partial charge in [0.05, 0.1) is 12.3 Å². The van der Waals surface area contributed by atoms with Crippen LogP contribution >= 0.6 is 0 Å². The zero-order chi connectivity index (χ0) is 10.6. The lowest BCUT2D eigenvalue weighted by atomic mass is 10.2. The molecule has 4 nitrogen and oxygen atoms in total. The Balaban J connectivity index is 2.77. The number of ether oxygens (including phenoxy) is 1. The first-order valence-electron chi connectivity index (χ1n) is 4.70. The molecule has 0 radical (unpaired) electrons. The van der Waals surface area contributed by atoms with Crippen molar-refractivity contribution < 1.29 is 14.6 Å². The zero-order valence-corrected chi connectivity index (χ0v) is 8.43. The van der Waals surface area contributed by atoms with E-state index in [0.717, 1.165) is 6.54 Å². The van der Waals surface area contributed by atoms with Crippen molar-refractivity contribution in [2.75, 3.05) is 6.61 Å². The fourth-order valence-corrected chi connectivity index (χ4v) is 1.31. The Labute approximate surface area is 83.1 Å². The van der Waals surface area contributed by atoms with Crippen LogP contribution in [0.2, 0.25) is 0 Å². The molecular formula is C10H15NO3. The smallest absolute Gasteiger partial charge is 0.341 e. The molecule has 1 heterocycles. The number of carbonyl (C=O) groups is 1. The van der Waals surface area contributed by atoms with Crippen LogP contribution in [0.4, 0.5) is 0 Å². The van der Waals surface area contributed by atoms with Gasteiger partial charge in [-0.25, -0.2) is 4.79 Å². The fourth-order valence-electron chi connectivity index (χ4n) is 1.31. The van der Waals surface area contributed by atoms with Gasteiger partial charge < -0.3 is 14.4 Å². The maximum atomic E-state index is 11.2. The van der Waals surface area contributed by atoms with E-state index in [-0.39, 0.29) is 6.61 Å². The van der Waals surface area contributed by atoms with Gasteiger partial charge in [0.1, 0.15) is 0 Å². The molecule has 0 saturated carbocycles. The van der Waals surface area contributed by atoms with E-state index in [1.54, 1.807) is 19.1 Å². The maximum absolute atomic E-state index is 11.2. The number of aliphatic hydroxyl groups is 1. The maximum Gasteiger partial charge on any atom is 0.341 e. The Hall–Kier alpha value is -1.29. The summed E-state index contributed by atoms with van der Waals surface area (Å²) in [6, 6.07) is 3.51. The third-order valence-corrected chi connectivity index (χ3v) is 2.00. The number of esters is 1. The summed E-state index contributed by atoms with van der Waals surface area (Å²) in [5.41, 5.74) is 0.575. The van der Waals surface area contributed by atoms with E-state index in [0.29, 0.717) is 5.69 Å². The number of hydrogen-bond acceptors (Lipinski definition) is 3. The van der Waals surface area contributed by atoms with Gasteiger partial charge in [-0.3, -0.25) is 0 Å². The largest absolute Gasteiger partial charge is 0.464 e. The first-order valence-corrected chi connectivity index (χ1v) is 4.70. The number of aliphatic hydroxyl groups excluding tert-OH is 1. The Morgan fingerprint density at radius 1 is 1.64 bits per heavy atom. The topological polar surface area (TPSA) is 51.5 Å². The first kappa shape index (κ1) is 10.8. The molecule has 0 aliphatic rings. The predicted molar refractivity (Wildman–Crippen MR) is 51.7 cm³/mol. The van der Waals surface area contributed by atoms with E-state index in [4.69, 9.17) is 4.74 Å². The molecular weight excluding hydrogens is 182 g/mol. The zero-order valence-electron chi connectivity index (χ0n) is 8.43. The lowest BCUT2D eigenvalue weighted by Crippen LogP contribution is -2.18. The van der Waals surface area contributed by atoms with E-state index in [9.17, 15) is 9.90 Å². The summed E-state index contributed by atoms with van der Waals surface area (Å²) in [7, 11) is 0. The van der Waals surface area contributed by atoms with Crippen molar-refractivity contribution in [3.8, 4) is 0 Å². The minimum absolute atomic E-state index is 0.280. The van der Waals surface area contributed by atoms with Crippen LogP contribution in [0.15, 0.2) is 18.3 Å². The summed E-state index contributed by atoms with van der Waals surface area (Å²) in [5, 5.41) is 9.63. The first-order chi connectivity index (χ1) is 6.70. The molecule has 1 aromatic heterocycles. The van der Waals surface area contributed by atoms with Gasteiger partial charge in [-0.2, -0.15) is 0 Å². The average molecular weight is 197 g/mol. The molecule has 1 atom stereocenters. The van der Waals surface area contributed by atoms with Gasteiger partial charge in [0.15, 0.2) is 6.10 Å². The Morgan fingerprint density at radius 3 is 2.93 bits per heavy atom. The van der Waals surface area contributed by atoms with Crippen LogP contribution < -0.4 is 0 Å². The number of rotatable bonds is 4. The number of nitrogens with zero attached hydrogens (tertiary/aromatic N) is 1. The molecule has 1 unspecified atom stereocenters. The number of hydrogen-bond donors (Lipinski definition) is 1. The molecule has 78 valence electrons. The van der Waals surface area contributed by atoms with Gasteiger partial charge in [-0.1, -0.05) is 0 Å². The molecule has 1 rings (SSSR count). The number of carbonyl (C=O) groups excluding carboxylic acids is 1. The molecule has 0 bridgehead atoms. The van der Waals surface area contributed by atoms with Crippen LogP contribution in [0.1, 0.15) is 25.6 Å². The SMILES string of the molecule is CCOC(=O)C(O)c1cccn1CC. The summed E-state index contributed by atoms with van der Waals surface area (Å²) < 4.78 is 6.53. The van der Waals surface area contributed by atoms with Crippen LogP contribution in [0.3, 0.4) is 0 Å². The molecule has 0 aromatic carbocycles. The second-order valence-corrected chi connectivity index (χ2v) is 2.87. The molecule has 0 fully saturated rings. The average Bonchev–Trinajstić information content (AvgIpc) is 2.64. The Bertz CT molecular complexity index is 306. The van der Waals surface area contributed by atoms with E-state index >= 15 is 0 Å². The van der Waals surface area contributed by atoms with Crippen LogP contribution in [0.5, 0.6) is 0 Å². The van der Waals surface area contributed by atoms with Crippen molar-refractivity contribution in [2.45, 2.75) is 26.5 Å². The molecule has 1 aromatic rings. The molecule has 0 saturated heterocycles. The fraction of sp³-hybridized carbons (Fsp3) is 0.500. The number of aromatic nitrogens is 1. The Kier molecular flexibility index (Phi) is 3.71. The summed E-state index contributed by atoms with van der Waals surface area (Å²) in [6.07, 6.45) is 0.641. The van der Waals surface area contributed by atoms with Crippen molar-refractivity contribution in [2.24, 2.45) is 0 Å². The van der Waals surface area contributed by atoms with Crippen LogP contribution in [0.25, 0.3) is 0 Å². The molecule has 0 aliphatic carbocycles. The molecule has 0 amide bonds. The highest BCUT2D eigenvalue weighted by molar-refractivity contribution is 5.75. The van der Waals surface area contributed by atoms with Crippen molar-refractivity contribution >= 4 is 5.97 Å². The van der Waals surface area contributed by atoms with E-state index in [1.807, 2.05) is 17.7 Å². The lowest BCUT2D eigenvalue weighted by molar-refractivity contribution is -0.153. The lowest BCUT2D eigenvalue weighted by Gasteiger charge is -2.11. The third-order valence-electron chi connectivity index (χ3n) is 2.00. The van der Waals surface area contributed by atoms with Gasteiger partial charge in [-0.15, -0.1) is 0 Å².